The van der Waals surface area contributed by atoms with Gasteiger partial charge in [-0.25, -0.2) is 8.42 Å². The van der Waals surface area contributed by atoms with Gasteiger partial charge in [0.15, 0.2) is 9.84 Å². The van der Waals surface area contributed by atoms with Crippen LogP contribution in [0.15, 0.2) is 41.8 Å². The Morgan fingerprint density at radius 1 is 1.33 bits per heavy atom. The lowest BCUT2D eigenvalue weighted by atomic mass is 10.2. The van der Waals surface area contributed by atoms with E-state index in [2.05, 4.69) is 6.58 Å². The van der Waals surface area contributed by atoms with Crippen LogP contribution in [0, 0.1) is 6.92 Å². The van der Waals surface area contributed by atoms with E-state index in [1.165, 1.54) is 0 Å². The largest absolute Gasteiger partial charge is 0.223 e. The Hall–Kier alpha value is -1.09. The van der Waals surface area contributed by atoms with Crippen molar-refractivity contribution >= 4 is 9.84 Å². The van der Waals surface area contributed by atoms with Crippen molar-refractivity contribution in [2.45, 2.75) is 30.4 Å². The molecule has 0 bridgehead atoms. The molecule has 0 aromatic heterocycles. The summed E-state index contributed by atoms with van der Waals surface area (Å²) in [4.78, 5) is 0.391. The number of hydrogen-bond acceptors (Lipinski definition) is 2. The van der Waals surface area contributed by atoms with Gasteiger partial charge in [-0.15, -0.1) is 6.58 Å². The Bertz CT molecular complexity index is 429. The Morgan fingerprint density at radius 2 is 1.87 bits per heavy atom. The van der Waals surface area contributed by atoms with Crippen molar-refractivity contribution in [3.63, 3.8) is 0 Å². The fourth-order valence-electron chi connectivity index (χ4n) is 1.32. The molecule has 0 saturated carbocycles. The molecule has 0 amide bonds. The number of hydrogen-bond donors (Lipinski definition) is 0. The Kier molecular flexibility index (Phi) is 3.69. The fourth-order valence-corrected chi connectivity index (χ4v) is 2.69. The van der Waals surface area contributed by atoms with E-state index in [1.54, 1.807) is 25.1 Å². The monoisotopic (exact) mass is 224 g/mol. The fraction of sp³-hybridized carbons (Fsp3) is 0.333. The quantitative estimate of drug-likeness (QED) is 0.737. The molecule has 0 fully saturated rings. The van der Waals surface area contributed by atoms with Crippen molar-refractivity contribution in [3.05, 3.63) is 42.5 Å². The molecule has 1 atom stereocenters. The molecule has 1 aromatic carbocycles. The second-order valence-electron chi connectivity index (χ2n) is 3.69. The van der Waals surface area contributed by atoms with E-state index < -0.39 is 15.1 Å². The lowest BCUT2D eigenvalue weighted by Gasteiger charge is -2.10. The maximum absolute atomic E-state index is 12.0. The third-order valence-electron chi connectivity index (χ3n) is 2.38. The second-order valence-corrected chi connectivity index (χ2v) is 6.06. The van der Waals surface area contributed by atoms with E-state index in [4.69, 9.17) is 0 Å². The van der Waals surface area contributed by atoms with Crippen molar-refractivity contribution in [1.82, 2.24) is 0 Å². The van der Waals surface area contributed by atoms with Crippen LogP contribution in [-0.4, -0.2) is 13.7 Å². The average Bonchev–Trinajstić information content (AvgIpc) is 2.18. The molecule has 1 aromatic rings. The molecule has 3 heteroatoms. The van der Waals surface area contributed by atoms with Gasteiger partial charge in [-0.2, -0.15) is 0 Å². The average molecular weight is 224 g/mol. The highest BCUT2D eigenvalue weighted by Crippen LogP contribution is 2.18. The minimum Gasteiger partial charge on any atom is -0.223 e. The molecule has 0 aliphatic carbocycles. The SMILES string of the molecule is C=CCC(C)S(=O)(=O)c1ccc(C)cc1. The van der Waals surface area contributed by atoms with E-state index in [-0.39, 0.29) is 0 Å². The van der Waals surface area contributed by atoms with Crippen LogP contribution in [0.4, 0.5) is 0 Å². The molecule has 0 radical (unpaired) electrons. The summed E-state index contributed by atoms with van der Waals surface area (Å²) in [6.07, 6.45) is 2.12. The molecule has 1 rings (SSSR count). The Labute approximate surface area is 91.6 Å². The van der Waals surface area contributed by atoms with Gasteiger partial charge in [-0.3, -0.25) is 0 Å². The summed E-state index contributed by atoms with van der Waals surface area (Å²) in [6, 6.07) is 6.94. The first-order valence-corrected chi connectivity index (χ1v) is 6.44. The summed E-state index contributed by atoms with van der Waals surface area (Å²) in [5.74, 6) is 0. The smallest absolute Gasteiger partial charge is 0.181 e. The van der Waals surface area contributed by atoms with Gasteiger partial charge in [0.1, 0.15) is 0 Å². The summed E-state index contributed by atoms with van der Waals surface area (Å²) < 4.78 is 24.0. The van der Waals surface area contributed by atoms with Crippen molar-refractivity contribution in [3.8, 4) is 0 Å². The number of rotatable bonds is 4. The van der Waals surface area contributed by atoms with Gasteiger partial charge < -0.3 is 0 Å². The van der Waals surface area contributed by atoms with E-state index in [0.29, 0.717) is 11.3 Å². The molecule has 1 unspecified atom stereocenters. The number of aryl methyl sites for hydroxylation is 1. The molecule has 2 nitrogen and oxygen atoms in total. The molecular formula is C12H16O2S. The standard InChI is InChI=1S/C12H16O2S/c1-4-5-11(3)15(13,14)12-8-6-10(2)7-9-12/h4,6-9,11H,1,5H2,2-3H3. The first kappa shape index (κ1) is 12.0. The van der Waals surface area contributed by atoms with Crippen LogP contribution in [0.1, 0.15) is 18.9 Å². The molecular weight excluding hydrogens is 208 g/mol. The molecule has 0 saturated heterocycles. The summed E-state index contributed by atoms with van der Waals surface area (Å²) in [5, 5.41) is -0.405. The van der Waals surface area contributed by atoms with E-state index in [9.17, 15) is 8.42 Å². The number of allylic oxidation sites excluding steroid dienone is 1. The first-order valence-electron chi connectivity index (χ1n) is 4.90. The third kappa shape index (κ3) is 2.69. The van der Waals surface area contributed by atoms with E-state index >= 15 is 0 Å². The molecule has 0 N–H and O–H groups in total. The van der Waals surface area contributed by atoms with Gasteiger partial charge in [-0.1, -0.05) is 23.8 Å². The van der Waals surface area contributed by atoms with Gasteiger partial charge >= 0.3 is 0 Å². The third-order valence-corrected chi connectivity index (χ3v) is 4.56. The molecule has 15 heavy (non-hydrogen) atoms. The summed E-state index contributed by atoms with van der Waals surface area (Å²) in [6.45, 7) is 7.20. The van der Waals surface area contributed by atoms with Crippen LogP contribution < -0.4 is 0 Å². The lowest BCUT2D eigenvalue weighted by Crippen LogP contribution is -2.17. The summed E-state index contributed by atoms with van der Waals surface area (Å²) >= 11 is 0. The van der Waals surface area contributed by atoms with Crippen molar-refractivity contribution < 1.29 is 8.42 Å². The minimum absolute atomic E-state index is 0.391. The van der Waals surface area contributed by atoms with Crippen LogP contribution in [0.3, 0.4) is 0 Å². The van der Waals surface area contributed by atoms with Crippen LogP contribution in [0.2, 0.25) is 0 Å². The Morgan fingerprint density at radius 3 is 2.33 bits per heavy atom. The van der Waals surface area contributed by atoms with Gasteiger partial charge in [-0.05, 0) is 32.4 Å². The predicted octanol–water partition coefficient (Wildman–Crippen LogP) is 2.73. The zero-order chi connectivity index (χ0) is 11.5. The van der Waals surface area contributed by atoms with E-state index in [1.807, 2.05) is 19.1 Å². The summed E-state index contributed by atoms with van der Waals surface area (Å²) in [5.41, 5.74) is 1.06. The first-order chi connectivity index (χ1) is 6.98. The topological polar surface area (TPSA) is 34.1 Å². The van der Waals surface area contributed by atoms with Gasteiger partial charge in [0.25, 0.3) is 0 Å². The molecule has 0 heterocycles. The second kappa shape index (κ2) is 4.62. The zero-order valence-corrected chi connectivity index (χ0v) is 9.92. The summed E-state index contributed by atoms with van der Waals surface area (Å²) in [7, 11) is -3.19. The highest BCUT2D eigenvalue weighted by molar-refractivity contribution is 7.92. The van der Waals surface area contributed by atoms with Crippen molar-refractivity contribution in [1.29, 1.82) is 0 Å². The van der Waals surface area contributed by atoms with Gasteiger partial charge in [0.2, 0.25) is 0 Å². The number of sulfone groups is 1. The van der Waals surface area contributed by atoms with Crippen LogP contribution in [0.5, 0.6) is 0 Å². The highest BCUT2D eigenvalue weighted by Gasteiger charge is 2.21. The van der Waals surface area contributed by atoms with Crippen LogP contribution in [-0.2, 0) is 9.84 Å². The van der Waals surface area contributed by atoms with Gasteiger partial charge in [0.05, 0.1) is 10.1 Å². The normalized spacial score (nSPS) is 13.5. The van der Waals surface area contributed by atoms with Crippen molar-refractivity contribution in [2.75, 3.05) is 0 Å². The lowest BCUT2D eigenvalue weighted by molar-refractivity contribution is 0.583. The highest BCUT2D eigenvalue weighted by atomic mass is 32.2. The van der Waals surface area contributed by atoms with Gasteiger partial charge in [0, 0.05) is 0 Å². The predicted molar refractivity (Wildman–Crippen MR) is 62.6 cm³/mol. The molecule has 82 valence electrons. The van der Waals surface area contributed by atoms with E-state index in [0.717, 1.165) is 5.56 Å². The van der Waals surface area contributed by atoms with Crippen LogP contribution >= 0.6 is 0 Å². The maximum Gasteiger partial charge on any atom is 0.181 e. The molecule has 0 aliphatic rings. The zero-order valence-electron chi connectivity index (χ0n) is 9.10. The maximum atomic E-state index is 12.0. The minimum atomic E-state index is -3.19. The molecule has 0 spiro atoms. The van der Waals surface area contributed by atoms with Crippen LogP contribution in [0.25, 0.3) is 0 Å². The Balaban J connectivity index is 3.06. The van der Waals surface area contributed by atoms with Crippen molar-refractivity contribution in [2.24, 2.45) is 0 Å². The molecule has 0 aliphatic heterocycles. The number of benzene rings is 1.